The molecule has 0 aliphatic heterocycles. The zero-order chi connectivity index (χ0) is 8.81. The van der Waals surface area contributed by atoms with Crippen LogP contribution in [0.5, 0.6) is 0 Å². The van der Waals surface area contributed by atoms with Crippen molar-refractivity contribution in [1.82, 2.24) is 5.32 Å². The van der Waals surface area contributed by atoms with Gasteiger partial charge in [0.05, 0.1) is 0 Å². The molecule has 0 radical (unpaired) electrons. The molecule has 1 unspecified atom stereocenters. The van der Waals surface area contributed by atoms with Crippen LogP contribution in [0.1, 0.15) is 12.8 Å². The van der Waals surface area contributed by atoms with E-state index in [2.05, 4.69) is 17.5 Å². The van der Waals surface area contributed by atoms with Crippen LogP contribution >= 0.6 is 0 Å². The van der Waals surface area contributed by atoms with E-state index in [9.17, 15) is 4.79 Å². The van der Waals surface area contributed by atoms with Gasteiger partial charge in [-0.05, 0) is 6.42 Å². The van der Waals surface area contributed by atoms with Crippen LogP contribution in [-0.2, 0) is 4.79 Å². The molecule has 0 bridgehead atoms. The van der Waals surface area contributed by atoms with E-state index in [1.165, 1.54) is 0 Å². The molecule has 0 aromatic carbocycles. The average Bonchev–Trinajstić information content (AvgIpc) is 2.05. The zero-order valence-electron chi connectivity index (χ0n) is 6.99. The average molecular weight is 166 g/mol. The minimum atomic E-state index is -0.252. The third-order valence-electron chi connectivity index (χ3n) is 1.76. The van der Waals surface area contributed by atoms with Crippen molar-refractivity contribution < 1.29 is 4.79 Å². The lowest BCUT2D eigenvalue weighted by Crippen LogP contribution is -2.30. The van der Waals surface area contributed by atoms with E-state index in [0.29, 0.717) is 19.0 Å². The second kappa shape index (κ2) is 4.72. The Balaban J connectivity index is 2.11. The number of amides is 1. The highest BCUT2D eigenvalue weighted by molar-refractivity contribution is 5.73. The number of nitrogens with two attached hydrogens (primary N) is 1. The first-order chi connectivity index (χ1) is 5.79. The minimum Gasteiger partial charge on any atom is -0.370 e. The molecule has 3 N–H and O–H groups in total. The molecule has 0 heterocycles. The molecule has 1 atom stereocenters. The van der Waals surface area contributed by atoms with Crippen LogP contribution in [0.15, 0.2) is 24.3 Å². The van der Waals surface area contributed by atoms with Gasteiger partial charge >= 0.3 is 0 Å². The van der Waals surface area contributed by atoms with Crippen LogP contribution in [-0.4, -0.2) is 18.5 Å². The Morgan fingerprint density at radius 2 is 2.42 bits per heavy atom. The zero-order valence-corrected chi connectivity index (χ0v) is 6.99. The number of carbonyl (C=O) groups excluding carboxylic acids is 1. The first kappa shape index (κ1) is 9.00. The number of allylic oxidation sites excluding steroid dienone is 2. The summed E-state index contributed by atoms with van der Waals surface area (Å²) in [7, 11) is 0. The molecule has 0 aromatic heterocycles. The van der Waals surface area contributed by atoms with E-state index in [1.807, 2.05) is 12.2 Å². The van der Waals surface area contributed by atoms with Crippen molar-refractivity contribution in [3.8, 4) is 0 Å². The molecule has 3 nitrogen and oxygen atoms in total. The van der Waals surface area contributed by atoms with Gasteiger partial charge in [-0.15, -0.1) is 0 Å². The van der Waals surface area contributed by atoms with Crippen LogP contribution in [0.2, 0.25) is 0 Å². The van der Waals surface area contributed by atoms with Crippen LogP contribution in [0, 0.1) is 0 Å². The highest BCUT2D eigenvalue weighted by atomic mass is 16.1. The van der Waals surface area contributed by atoms with E-state index in [4.69, 9.17) is 5.73 Å². The SMILES string of the molecule is NC(=O)CCNC1C=CC=CC1. The van der Waals surface area contributed by atoms with Gasteiger partial charge in [0.1, 0.15) is 0 Å². The summed E-state index contributed by atoms with van der Waals surface area (Å²) in [4.78, 5) is 10.4. The predicted octanol–water partition coefficient (Wildman–Crippen LogP) is 0.336. The number of hydrogen-bond donors (Lipinski definition) is 2. The van der Waals surface area contributed by atoms with Gasteiger partial charge in [-0.1, -0.05) is 24.3 Å². The second-order valence-electron chi connectivity index (χ2n) is 2.83. The molecule has 12 heavy (non-hydrogen) atoms. The first-order valence-electron chi connectivity index (χ1n) is 4.14. The lowest BCUT2D eigenvalue weighted by atomic mass is 10.1. The molecule has 66 valence electrons. The van der Waals surface area contributed by atoms with Crippen molar-refractivity contribution >= 4 is 5.91 Å². The molecule has 1 rings (SSSR count). The van der Waals surface area contributed by atoms with Gasteiger partial charge in [-0.25, -0.2) is 0 Å². The highest BCUT2D eigenvalue weighted by Crippen LogP contribution is 2.01. The molecular formula is C9H14N2O. The lowest BCUT2D eigenvalue weighted by molar-refractivity contribution is -0.117. The second-order valence-corrected chi connectivity index (χ2v) is 2.83. The summed E-state index contributed by atoms with van der Waals surface area (Å²) in [6.07, 6.45) is 9.62. The van der Waals surface area contributed by atoms with Gasteiger partial charge in [-0.3, -0.25) is 4.79 Å². The predicted molar refractivity (Wildman–Crippen MR) is 48.5 cm³/mol. The molecule has 0 saturated heterocycles. The number of primary amides is 1. The maximum absolute atomic E-state index is 10.4. The molecule has 0 fully saturated rings. The summed E-state index contributed by atoms with van der Waals surface area (Å²) >= 11 is 0. The van der Waals surface area contributed by atoms with Crippen molar-refractivity contribution in [3.63, 3.8) is 0 Å². The smallest absolute Gasteiger partial charge is 0.218 e. The lowest BCUT2D eigenvalue weighted by Gasteiger charge is -2.13. The van der Waals surface area contributed by atoms with E-state index in [0.717, 1.165) is 6.42 Å². The van der Waals surface area contributed by atoms with Crippen LogP contribution in [0.4, 0.5) is 0 Å². The topological polar surface area (TPSA) is 55.1 Å². The fraction of sp³-hybridized carbons (Fsp3) is 0.444. The van der Waals surface area contributed by atoms with E-state index >= 15 is 0 Å². The summed E-state index contributed by atoms with van der Waals surface area (Å²) in [6, 6.07) is 0.370. The summed E-state index contributed by atoms with van der Waals surface area (Å²) in [5, 5.41) is 3.21. The van der Waals surface area contributed by atoms with Crippen LogP contribution < -0.4 is 11.1 Å². The van der Waals surface area contributed by atoms with Gasteiger partial charge < -0.3 is 11.1 Å². The maximum Gasteiger partial charge on any atom is 0.218 e. The number of nitrogens with one attached hydrogen (secondary N) is 1. The monoisotopic (exact) mass is 166 g/mol. The minimum absolute atomic E-state index is 0.252. The Hall–Kier alpha value is -1.09. The van der Waals surface area contributed by atoms with Crippen molar-refractivity contribution in [3.05, 3.63) is 24.3 Å². The molecule has 1 amide bonds. The van der Waals surface area contributed by atoms with Crippen LogP contribution in [0.25, 0.3) is 0 Å². The van der Waals surface area contributed by atoms with Gasteiger partial charge in [-0.2, -0.15) is 0 Å². The number of hydrogen-bond acceptors (Lipinski definition) is 2. The quantitative estimate of drug-likeness (QED) is 0.632. The van der Waals surface area contributed by atoms with E-state index in [1.54, 1.807) is 0 Å². The summed E-state index contributed by atoms with van der Waals surface area (Å²) in [6.45, 7) is 0.665. The highest BCUT2D eigenvalue weighted by Gasteiger charge is 2.03. The molecule has 1 aliphatic carbocycles. The van der Waals surface area contributed by atoms with E-state index in [-0.39, 0.29) is 5.91 Å². The first-order valence-corrected chi connectivity index (χ1v) is 4.14. The Labute approximate surface area is 72.3 Å². The Morgan fingerprint density at radius 3 is 3.00 bits per heavy atom. The van der Waals surface area contributed by atoms with Crippen molar-refractivity contribution in [1.29, 1.82) is 0 Å². The fourth-order valence-corrected chi connectivity index (χ4v) is 1.11. The van der Waals surface area contributed by atoms with Crippen molar-refractivity contribution in [2.75, 3.05) is 6.54 Å². The fourth-order valence-electron chi connectivity index (χ4n) is 1.11. The summed E-state index contributed by atoms with van der Waals surface area (Å²) < 4.78 is 0. The summed E-state index contributed by atoms with van der Waals surface area (Å²) in [5.41, 5.74) is 5.00. The molecule has 1 aliphatic rings. The third-order valence-corrected chi connectivity index (χ3v) is 1.76. The molecule has 0 aromatic rings. The van der Waals surface area contributed by atoms with Gasteiger partial charge in [0.25, 0.3) is 0 Å². The van der Waals surface area contributed by atoms with Gasteiger partial charge in [0, 0.05) is 19.0 Å². The Morgan fingerprint density at radius 1 is 1.58 bits per heavy atom. The van der Waals surface area contributed by atoms with Gasteiger partial charge in [0.15, 0.2) is 0 Å². The van der Waals surface area contributed by atoms with Crippen molar-refractivity contribution in [2.45, 2.75) is 18.9 Å². The van der Waals surface area contributed by atoms with Crippen LogP contribution in [0.3, 0.4) is 0 Å². The molecule has 0 spiro atoms. The van der Waals surface area contributed by atoms with E-state index < -0.39 is 0 Å². The molecule has 3 heteroatoms. The Kier molecular flexibility index (Phi) is 3.54. The third kappa shape index (κ3) is 3.34. The maximum atomic E-state index is 10.4. The number of carbonyl (C=O) groups is 1. The Bertz CT molecular complexity index is 209. The standard InChI is InChI=1S/C9H14N2O/c10-9(12)6-7-11-8-4-2-1-3-5-8/h1-4,8,11H,5-7H2,(H2,10,12). The van der Waals surface area contributed by atoms with Crippen molar-refractivity contribution in [2.24, 2.45) is 5.73 Å². The summed E-state index contributed by atoms with van der Waals surface area (Å²) in [5.74, 6) is -0.252. The van der Waals surface area contributed by atoms with Gasteiger partial charge in [0.2, 0.25) is 5.91 Å². The molecular weight excluding hydrogens is 152 g/mol. The largest absolute Gasteiger partial charge is 0.370 e. The number of rotatable bonds is 4. The molecule has 0 saturated carbocycles. The normalized spacial score (nSPS) is 21.2.